The van der Waals surface area contributed by atoms with Crippen molar-refractivity contribution < 1.29 is 14.3 Å². The number of ether oxygens (including phenoxy) is 1. The van der Waals surface area contributed by atoms with E-state index in [1.54, 1.807) is 0 Å². The fourth-order valence-electron chi connectivity index (χ4n) is 8.23. The van der Waals surface area contributed by atoms with Crippen molar-refractivity contribution in [2.24, 2.45) is 46.2 Å². The SMILES string of the molecule is CC(=O)O[C@H]1CC[C@@]2(C)[C@@H](CC[C@@H]3[C@@H]2CC[C@]2(C)[C@@H](C(=O)CN)CC[C@@H]32)C1. The highest BCUT2D eigenvalue weighted by molar-refractivity contribution is 5.84. The summed E-state index contributed by atoms with van der Waals surface area (Å²) < 4.78 is 5.57. The molecule has 4 aliphatic rings. The van der Waals surface area contributed by atoms with Crippen molar-refractivity contribution >= 4 is 11.8 Å². The highest BCUT2D eigenvalue weighted by Crippen LogP contribution is 2.67. The molecule has 0 saturated heterocycles. The third kappa shape index (κ3) is 2.97. The van der Waals surface area contributed by atoms with E-state index < -0.39 is 0 Å². The first-order valence-corrected chi connectivity index (χ1v) is 11.2. The molecule has 0 unspecified atom stereocenters. The second-order valence-corrected chi connectivity index (χ2v) is 10.5. The third-order valence-electron chi connectivity index (χ3n) is 9.54. The summed E-state index contributed by atoms with van der Waals surface area (Å²) in [5.41, 5.74) is 6.30. The second kappa shape index (κ2) is 6.86. The lowest BCUT2D eigenvalue weighted by Crippen LogP contribution is -2.54. The molecule has 0 aromatic heterocycles. The maximum absolute atomic E-state index is 12.5. The van der Waals surface area contributed by atoms with E-state index in [0.717, 1.165) is 31.1 Å². The van der Waals surface area contributed by atoms with Gasteiger partial charge in [0.25, 0.3) is 0 Å². The van der Waals surface area contributed by atoms with Crippen LogP contribution >= 0.6 is 0 Å². The highest BCUT2D eigenvalue weighted by Gasteiger charge is 2.61. The quantitative estimate of drug-likeness (QED) is 0.754. The lowest BCUT2D eigenvalue weighted by Gasteiger charge is -2.61. The van der Waals surface area contributed by atoms with Gasteiger partial charge in [0.1, 0.15) is 11.9 Å². The summed E-state index contributed by atoms with van der Waals surface area (Å²) in [5.74, 6) is 3.28. The van der Waals surface area contributed by atoms with Crippen molar-refractivity contribution in [3.05, 3.63) is 0 Å². The molecular weight excluding hydrogens is 338 g/mol. The zero-order chi connectivity index (χ0) is 19.4. The van der Waals surface area contributed by atoms with Crippen LogP contribution in [0.25, 0.3) is 0 Å². The van der Waals surface area contributed by atoms with Crippen LogP contribution in [0.2, 0.25) is 0 Å². The first kappa shape index (κ1) is 19.4. The molecule has 0 aromatic carbocycles. The number of fused-ring (bicyclic) bond motifs is 5. The predicted octanol–water partition coefficient (Wildman–Crippen LogP) is 4.10. The average Bonchev–Trinajstić information content (AvgIpc) is 2.98. The topological polar surface area (TPSA) is 69.4 Å². The van der Waals surface area contributed by atoms with Crippen LogP contribution < -0.4 is 5.73 Å². The van der Waals surface area contributed by atoms with Crippen LogP contribution in [0.5, 0.6) is 0 Å². The van der Waals surface area contributed by atoms with Crippen molar-refractivity contribution in [3.63, 3.8) is 0 Å². The first-order chi connectivity index (χ1) is 12.8. The van der Waals surface area contributed by atoms with E-state index in [0.29, 0.717) is 23.0 Å². The zero-order valence-corrected chi connectivity index (χ0v) is 17.3. The summed E-state index contributed by atoms with van der Waals surface area (Å²) in [5, 5.41) is 0. The molecule has 0 amide bonds. The van der Waals surface area contributed by atoms with E-state index in [2.05, 4.69) is 13.8 Å². The van der Waals surface area contributed by atoms with Gasteiger partial charge in [0, 0.05) is 12.8 Å². The maximum Gasteiger partial charge on any atom is 0.302 e. The van der Waals surface area contributed by atoms with Gasteiger partial charge in [0.05, 0.1) is 6.54 Å². The molecule has 2 N–H and O–H groups in total. The standard InChI is InChI=1S/C23H37NO3/c1-14(25)27-16-8-10-22(2)15(12-16)4-5-17-18-6-7-20(21(26)13-24)23(18,3)11-9-19(17)22/h15-20H,4-13,24H2,1-3H3/t15-,16-,17-,18-,19-,20+,22-,23-/m0/s1. The van der Waals surface area contributed by atoms with Gasteiger partial charge in [0.2, 0.25) is 0 Å². The van der Waals surface area contributed by atoms with Crippen molar-refractivity contribution in [2.75, 3.05) is 6.54 Å². The molecule has 4 nitrogen and oxygen atoms in total. The molecule has 4 fully saturated rings. The number of nitrogens with two attached hydrogens (primary N) is 1. The van der Waals surface area contributed by atoms with Gasteiger partial charge < -0.3 is 10.5 Å². The van der Waals surface area contributed by atoms with Crippen molar-refractivity contribution in [3.8, 4) is 0 Å². The Labute approximate surface area is 164 Å². The lowest BCUT2D eigenvalue weighted by molar-refractivity contribution is -0.161. The Kier molecular flexibility index (Phi) is 4.93. The molecular formula is C23H37NO3. The molecule has 4 heteroatoms. The number of carbonyl (C=O) groups excluding carboxylic acids is 2. The van der Waals surface area contributed by atoms with Crippen LogP contribution in [-0.2, 0) is 14.3 Å². The minimum atomic E-state index is -0.132. The first-order valence-electron chi connectivity index (χ1n) is 11.2. The molecule has 0 heterocycles. The number of rotatable bonds is 3. The number of hydrogen-bond donors (Lipinski definition) is 1. The minimum Gasteiger partial charge on any atom is -0.463 e. The summed E-state index contributed by atoms with van der Waals surface area (Å²) in [4.78, 5) is 23.9. The fraction of sp³-hybridized carbons (Fsp3) is 0.913. The smallest absolute Gasteiger partial charge is 0.302 e. The Morgan fingerprint density at radius 2 is 1.67 bits per heavy atom. The fourth-order valence-corrected chi connectivity index (χ4v) is 8.23. The van der Waals surface area contributed by atoms with Gasteiger partial charge >= 0.3 is 5.97 Å². The Morgan fingerprint density at radius 3 is 2.37 bits per heavy atom. The molecule has 27 heavy (non-hydrogen) atoms. The third-order valence-corrected chi connectivity index (χ3v) is 9.54. The maximum atomic E-state index is 12.5. The van der Waals surface area contributed by atoms with E-state index >= 15 is 0 Å². The molecule has 0 radical (unpaired) electrons. The van der Waals surface area contributed by atoms with Gasteiger partial charge in [-0.2, -0.15) is 0 Å². The Bertz CT molecular complexity index is 619. The number of carbonyl (C=O) groups is 2. The van der Waals surface area contributed by atoms with Gasteiger partial charge in [-0.05, 0) is 92.3 Å². The van der Waals surface area contributed by atoms with Crippen LogP contribution in [0.1, 0.15) is 78.6 Å². The van der Waals surface area contributed by atoms with Crippen LogP contribution in [0.15, 0.2) is 0 Å². The summed E-state index contributed by atoms with van der Waals surface area (Å²) in [6, 6.07) is 0. The molecule has 8 atom stereocenters. The Balaban J connectivity index is 1.53. The van der Waals surface area contributed by atoms with Gasteiger partial charge in [-0.3, -0.25) is 9.59 Å². The van der Waals surface area contributed by atoms with E-state index in [9.17, 15) is 9.59 Å². The van der Waals surface area contributed by atoms with Crippen molar-refractivity contribution in [1.82, 2.24) is 0 Å². The second-order valence-electron chi connectivity index (χ2n) is 10.5. The molecule has 4 rings (SSSR count). The summed E-state index contributed by atoms with van der Waals surface area (Å²) in [6.07, 6.45) is 10.7. The van der Waals surface area contributed by atoms with Gasteiger partial charge in [-0.25, -0.2) is 0 Å². The summed E-state index contributed by atoms with van der Waals surface area (Å²) in [7, 11) is 0. The van der Waals surface area contributed by atoms with Gasteiger partial charge in [-0.15, -0.1) is 0 Å². The lowest BCUT2D eigenvalue weighted by atomic mass is 9.44. The normalized spacial score (nSPS) is 48.9. The molecule has 0 aliphatic heterocycles. The van der Waals surface area contributed by atoms with Crippen LogP contribution in [0.4, 0.5) is 0 Å². The predicted molar refractivity (Wildman–Crippen MR) is 105 cm³/mol. The molecule has 0 spiro atoms. The van der Waals surface area contributed by atoms with E-state index in [1.165, 1.54) is 45.4 Å². The molecule has 4 saturated carbocycles. The van der Waals surface area contributed by atoms with Gasteiger partial charge in [-0.1, -0.05) is 13.8 Å². The zero-order valence-electron chi connectivity index (χ0n) is 17.3. The Morgan fingerprint density at radius 1 is 0.963 bits per heavy atom. The summed E-state index contributed by atoms with van der Waals surface area (Å²) in [6.45, 7) is 6.66. The van der Waals surface area contributed by atoms with Crippen molar-refractivity contribution in [1.29, 1.82) is 0 Å². The van der Waals surface area contributed by atoms with Crippen molar-refractivity contribution in [2.45, 2.75) is 84.7 Å². The average molecular weight is 376 g/mol. The molecule has 152 valence electrons. The minimum absolute atomic E-state index is 0.129. The van der Waals surface area contributed by atoms with E-state index in [1.807, 2.05) is 0 Å². The number of hydrogen-bond acceptors (Lipinski definition) is 4. The monoisotopic (exact) mass is 375 g/mol. The van der Waals surface area contributed by atoms with Gasteiger partial charge in [0.15, 0.2) is 0 Å². The molecule has 4 aliphatic carbocycles. The van der Waals surface area contributed by atoms with Crippen LogP contribution in [-0.4, -0.2) is 24.4 Å². The van der Waals surface area contributed by atoms with Crippen LogP contribution in [0.3, 0.4) is 0 Å². The summed E-state index contributed by atoms with van der Waals surface area (Å²) >= 11 is 0. The molecule has 0 aromatic rings. The van der Waals surface area contributed by atoms with E-state index in [-0.39, 0.29) is 30.0 Å². The number of ketones is 1. The molecule has 0 bridgehead atoms. The Hall–Kier alpha value is -0.900. The largest absolute Gasteiger partial charge is 0.463 e. The number of Topliss-reactive ketones (excluding diaryl/α,β-unsaturated/α-hetero) is 1. The van der Waals surface area contributed by atoms with E-state index in [4.69, 9.17) is 10.5 Å². The van der Waals surface area contributed by atoms with Crippen LogP contribution in [0, 0.1) is 40.4 Å². The highest BCUT2D eigenvalue weighted by atomic mass is 16.5. The number of esters is 1.